The zero-order chi connectivity index (χ0) is 16.2. The number of ether oxygens (including phenoxy) is 1. The number of carboxylic acids is 1. The SMILES string of the molecule is CC(C)(C)C1=C(C(=O)[O-])N2C(=O)[C@H]([C@@H](O)c3cccs3)[C@H]2O1.[K+]. The molecule has 2 aliphatic heterocycles. The molecule has 0 bridgehead atoms. The maximum atomic E-state index is 12.3. The standard InChI is InChI=1S/C15H17NO5S.K/c1-15(2,3)11-9(14(19)20)16-12(18)8(13(16)21-11)10(17)7-5-4-6-22-7;/h4-6,8,10,13,17H,1-3H3,(H,19,20);/q;+1/p-1/t8-,10-,13+;/m0./s1. The number of β-lactam (4-membered cyclic amide) rings is 1. The Labute approximate surface area is 180 Å². The van der Waals surface area contributed by atoms with Crippen LogP contribution in [0.5, 0.6) is 0 Å². The van der Waals surface area contributed by atoms with Crippen molar-refractivity contribution in [2.75, 3.05) is 0 Å². The summed E-state index contributed by atoms with van der Waals surface area (Å²) >= 11 is 1.34. The first-order valence-corrected chi connectivity index (χ1v) is 7.78. The molecule has 0 aliphatic carbocycles. The van der Waals surface area contributed by atoms with Gasteiger partial charge in [-0.3, -0.25) is 9.69 Å². The van der Waals surface area contributed by atoms with E-state index in [0.717, 1.165) is 4.90 Å². The summed E-state index contributed by atoms with van der Waals surface area (Å²) in [4.78, 5) is 25.5. The Balaban J connectivity index is 0.00000192. The first kappa shape index (κ1) is 19.1. The molecule has 0 radical (unpaired) electrons. The van der Waals surface area contributed by atoms with E-state index in [1.165, 1.54) is 11.3 Å². The minimum absolute atomic E-state index is 0. The minimum Gasteiger partial charge on any atom is -0.543 e. The van der Waals surface area contributed by atoms with Crippen molar-refractivity contribution in [2.24, 2.45) is 11.3 Å². The van der Waals surface area contributed by atoms with Crippen molar-refractivity contribution in [1.82, 2.24) is 4.90 Å². The number of carbonyl (C=O) groups excluding carboxylic acids is 2. The molecule has 0 aromatic carbocycles. The largest absolute Gasteiger partial charge is 1.00 e. The Morgan fingerprint density at radius 1 is 1.48 bits per heavy atom. The molecule has 0 spiro atoms. The second-order valence-electron chi connectivity index (χ2n) is 6.42. The summed E-state index contributed by atoms with van der Waals surface area (Å²) in [6, 6.07) is 3.52. The van der Waals surface area contributed by atoms with E-state index >= 15 is 0 Å². The van der Waals surface area contributed by atoms with E-state index in [-0.39, 0.29) is 62.8 Å². The van der Waals surface area contributed by atoms with Crippen LogP contribution in [0.25, 0.3) is 0 Å². The van der Waals surface area contributed by atoms with E-state index in [4.69, 9.17) is 4.74 Å². The predicted octanol–water partition coefficient (Wildman–Crippen LogP) is -2.39. The quantitative estimate of drug-likeness (QED) is 0.479. The second-order valence-corrected chi connectivity index (χ2v) is 7.40. The number of allylic oxidation sites excluding steroid dienone is 1. The van der Waals surface area contributed by atoms with Gasteiger partial charge in [-0.1, -0.05) is 26.8 Å². The number of rotatable bonds is 3. The zero-order valence-corrected chi connectivity index (χ0v) is 17.3. The number of aliphatic hydroxyl groups excluding tert-OH is 1. The first-order chi connectivity index (χ1) is 10.2. The smallest absolute Gasteiger partial charge is 0.543 e. The molecule has 0 unspecified atom stereocenters. The molecule has 1 amide bonds. The number of thiophene rings is 1. The molecule has 8 heteroatoms. The van der Waals surface area contributed by atoms with Crippen LogP contribution in [0.4, 0.5) is 0 Å². The molecule has 1 aromatic rings. The second kappa shape index (κ2) is 6.59. The Morgan fingerprint density at radius 2 is 2.13 bits per heavy atom. The average Bonchev–Trinajstić information content (AvgIpc) is 3.02. The van der Waals surface area contributed by atoms with Gasteiger partial charge in [0.2, 0.25) is 5.91 Å². The molecule has 1 N–H and O–H groups in total. The van der Waals surface area contributed by atoms with Crippen LogP contribution in [0.15, 0.2) is 29.0 Å². The fourth-order valence-corrected chi connectivity index (χ4v) is 3.54. The summed E-state index contributed by atoms with van der Waals surface area (Å²) < 4.78 is 5.71. The number of amides is 1. The van der Waals surface area contributed by atoms with E-state index in [1.54, 1.807) is 38.3 Å². The normalized spacial score (nSPS) is 24.5. The molecule has 2 aliphatic rings. The summed E-state index contributed by atoms with van der Waals surface area (Å²) in [5, 5.41) is 23.6. The maximum absolute atomic E-state index is 12.3. The van der Waals surface area contributed by atoms with Gasteiger partial charge >= 0.3 is 51.4 Å². The van der Waals surface area contributed by atoms with Gasteiger partial charge in [-0.05, 0) is 11.4 Å². The molecule has 3 rings (SSSR count). The molecule has 1 saturated heterocycles. The van der Waals surface area contributed by atoms with Crippen LogP contribution in [0.1, 0.15) is 31.8 Å². The molecular formula is C15H16KNO5S. The van der Waals surface area contributed by atoms with Gasteiger partial charge in [0.15, 0.2) is 6.23 Å². The van der Waals surface area contributed by atoms with Gasteiger partial charge in [-0.2, -0.15) is 0 Å². The number of fused-ring (bicyclic) bond motifs is 1. The fraction of sp³-hybridized carbons (Fsp3) is 0.467. The Bertz CT molecular complexity index is 664. The summed E-state index contributed by atoms with van der Waals surface area (Å²) in [5.41, 5.74) is -0.803. The van der Waals surface area contributed by atoms with Gasteiger partial charge in [-0.25, -0.2) is 0 Å². The van der Waals surface area contributed by atoms with Crippen molar-refractivity contribution >= 4 is 23.2 Å². The van der Waals surface area contributed by atoms with Crippen LogP contribution in [0.2, 0.25) is 0 Å². The van der Waals surface area contributed by atoms with Crippen molar-refractivity contribution in [3.8, 4) is 0 Å². The van der Waals surface area contributed by atoms with Gasteiger partial charge < -0.3 is 19.7 Å². The molecule has 1 aromatic heterocycles. The van der Waals surface area contributed by atoms with Crippen molar-refractivity contribution in [3.05, 3.63) is 33.8 Å². The number of aliphatic carboxylic acids is 1. The molecular weight excluding hydrogens is 345 g/mol. The predicted molar refractivity (Wildman–Crippen MR) is 76.0 cm³/mol. The van der Waals surface area contributed by atoms with Gasteiger partial charge in [0.1, 0.15) is 23.5 Å². The fourth-order valence-electron chi connectivity index (χ4n) is 2.79. The van der Waals surface area contributed by atoms with E-state index in [2.05, 4.69) is 0 Å². The van der Waals surface area contributed by atoms with Crippen molar-refractivity contribution in [3.63, 3.8) is 0 Å². The first-order valence-electron chi connectivity index (χ1n) is 6.90. The summed E-state index contributed by atoms with van der Waals surface area (Å²) in [6.45, 7) is 5.39. The van der Waals surface area contributed by atoms with Gasteiger partial charge in [-0.15, -0.1) is 11.3 Å². The zero-order valence-electron chi connectivity index (χ0n) is 13.4. The third-order valence-corrected chi connectivity index (χ3v) is 4.77. The van der Waals surface area contributed by atoms with Gasteiger partial charge in [0.05, 0.1) is 5.97 Å². The molecule has 3 heterocycles. The van der Waals surface area contributed by atoms with Crippen molar-refractivity contribution in [2.45, 2.75) is 33.1 Å². The summed E-state index contributed by atoms with van der Waals surface area (Å²) in [5.74, 6) is -2.48. The molecule has 118 valence electrons. The monoisotopic (exact) mass is 361 g/mol. The van der Waals surface area contributed by atoms with E-state index in [9.17, 15) is 19.8 Å². The Hall–Kier alpha value is -0.224. The van der Waals surface area contributed by atoms with Crippen LogP contribution in [-0.2, 0) is 14.3 Å². The van der Waals surface area contributed by atoms with Crippen LogP contribution in [-0.4, -0.2) is 28.1 Å². The third kappa shape index (κ3) is 3.06. The number of hydrogen-bond donors (Lipinski definition) is 1. The molecule has 1 fully saturated rings. The van der Waals surface area contributed by atoms with Gasteiger partial charge in [0.25, 0.3) is 0 Å². The number of carboxylic acid groups (broad SMARTS) is 1. The molecule has 6 nitrogen and oxygen atoms in total. The molecule has 23 heavy (non-hydrogen) atoms. The summed E-state index contributed by atoms with van der Waals surface area (Å²) in [6.07, 6.45) is -1.79. The van der Waals surface area contributed by atoms with Crippen LogP contribution in [0, 0.1) is 11.3 Å². The maximum Gasteiger partial charge on any atom is 1.00 e. The van der Waals surface area contributed by atoms with Crippen molar-refractivity contribution < 1.29 is 75.9 Å². The van der Waals surface area contributed by atoms with Crippen LogP contribution >= 0.6 is 11.3 Å². The average molecular weight is 361 g/mol. The van der Waals surface area contributed by atoms with Crippen LogP contribution < -0.4 is 56.5 Å². The topological polar surface area (TPSA) is 89.9 Å². The van der Waals surface area contributed by atoms with Crippen molar-refractivity contribution in [1.29, 1.82) is 0 Å². The number of hydrogen-bond acceptors (Lipinski definition) is 6. The molecule has 0 saturated carbocycles. The number of aliphatic hydroxyl groups is 1. The number of carbonyl (C=O) groups is 2. The van der Waals surface area contributed by atoms with E-state index in [1.807, 2.05) is 0 Å². The Kier molecular flexibility index (Phi) is 5.47. The third-order valence-electron chi connectivity index (χ3n) is 3.83. The number of nitrogens with zero attached hydrogens (tertiary/aromatic N) is 1. The minimum atomic E-state index is -1.44. The van der Waals surface area contributed by atoms with Gasteiger partial charge in [0, 0.05) is 10.3 Å². The van der Waals surface area contributed by atoms with E-state index < -0.39 is 35.5 Å². The van der Waals surface area contributed by atoms with E-state index in [0.29, 0.717) is 4.88 Å². The van der Waals surface area contributed by atoms with Crippen LogP contribution in [0.3, 0.4) is 0 Å². The molecule has 3 atom stereocenters. The Morgan fingerprint density at radius 3 is 2.61 bits per heavy atom. The summed E-state index contributed by atoms with van der Waals surface area (Å²) in [7, 11) is 0.